The van der Waals surface area contributed by atoms with Crippen LogP contribution in [0.5, 0.6) is 0 Å². The van der Waals surface area contributed by atoms with Gasteiger partial charge in [0.05, 0.1) is 6.10 Å². The second-order valence-electron chi connectivity index (χ2n) is 5.04. The molecule has 2 fully saturated rings. The van der Waals surface area contributed by atoms with Gasteiger partial charge in [0.2, 0.25) is 5.91 Å². The van der Waals surface area contributed by atoms with Gasteiger partial charge in [0.25, 0.3) is 0 Å². The number of nitrogens with zero attached hydrogens (tertiary/aromatic N) is 1. The van der Waals surface area contributed by atoms with Crippen molar-refractivity contribution in [1.29, 1.82) is 0 Å². The average Bonchev–Trinajstić information content (AvgIpc) is 3.02. The lowest BCUT2D eigenvalue weighted by Crippen LogP contribution is -2.36. The summed E-state index contributed by atoms with van der Waals surface area (Å²) in [6, 6.07) is 0. The van der Waals surface area contributed by atoms with Crippen LogP contribution in [0.1, 0.15) is 39.0 Å². The first-order valence-electron chi connectivity index (χ1n) is 6.15. The van der Waals surface area contributed by atoms with Crippen molar-refractivity contribution in [2.24, 2.45) is 11.8 Å². The molecule has 1 amide bonds. The summed E-state index contributed by atoms with van der Waals surface area (Å²) in [6.07, 6.45) is 4.81. The van der Waals surface area contributed by atoms with E-state index >= 15 is 0 Å². The van der Waals surface area contributed by atoms with Crippen LogP contribution >= 0.6 is 0 Å². The van der Waals surface area contributed by atoms with E-state index in [2.05, 4.69) is 6.92 Å². The summed E-state index contributed by atoms with van der Waals surface area (Å²) in [4.78, 5) is 14.0. The highest BCUT2D eigenvalue weighted by Crippen LogP contribution is 2.37. The molecule has 0 aromatic rings. The average molecular weight is 211 g/mol. The first-order chi connectivity index (χ1) is 7.18. The Hall–Kier alpha value is -0.570. The summed E-state index contributed by atoms with van der Waals surface area (Å²) in [5, 5.41) is 9.51. The largest absolute Gasteiger partial charge is 0.393 e. The molecule has 3 nitrogen and oxygen atoms in total. The number of hydrogen-bond acceptors (Lipinski definition) is 2. The van der Waals surface area contributed by atoms with E-state index in [1.807, 2.05) is 4.90 Å². The minimum absolute atomic E-state index is 0.195. The molecule has 1 N–H and O–H groups in total. The molecule has 1 heterocycles. The summed E-state index contributed by atoms with van der Waals surface area (Å²) >= 11 is 0. The van der Waals surface area contributed by atoms with Crippen LogP contribution < -0.4 is 0 Å². The van der Waals surface area contributed by atoms with Crippen LogP contribution in [-0.4, -0.2) is 35.1 Å². The third kappa shape index (κ3) is 2.71. The third-order valence-electron chi connectivity index (χ3n) is 3.73. The van der Waals surface area contributed by atoms with E-state index in [0.717, 1.165) is 32.4 Å². The highest BCUT2D eigenvalue weighted by molar-refractivity contribution is 5.79. The molecule has 2 aliphatic rings. The molecule has 0 bridgehead atoms. The first kappa shape index (κ1) is 10.9. The fourth-order valence-corrected chi connectivity index (χ4v) is 2.39. The standard InChI is InChI=1S/C12H21NO2/c1-9(10-4-5-10)12(15)13-7-2-3-11(14)6-8-13/h9-11,14H,2-8H2,1H3. The van der Waals surface area contributed by atoms with Crippen molar-refractivity contribution in [2.45, 2.75) is 45.1 Å². The van der Waals surface area contributed by atoms with Gasteiger partial charge >= 0.3 is 0 Å². The predicted molar refractivity (Wildman–Crippen MR) is 58.3 cm³/mol. The maximum Gasteiger partial charge on any atom is 0.225 e. The SMILES string of the molecule is CC(C(=O)N1CCCC(O)CC1)C1CC1. The quantitative estimate of drug-likeness (QED) is 0.750. The van der Waals surface area contributed by atoms with Gasteiger partial charge in [-0.3, -0.25) is 4.79 Å². The fraction of sp³-hybridized carbons (Fsp3) is 0.917. The van der Waals surface area contributed by atoms with E-state index in [0.29, 0.717) is 11.8 Å². The highest BCUT2D eigenvalue weighted by Gasteiger charge is 2.35. The van der Waals surface area contributed by atoms with Gasteiger partial charge < -0.3 is 10.0 Å². The van der Waals surface area contributed by atoms with Gasteiger partial charge in [-0.15, -0.1) is 0 Å². The molecule has 2 unspecified atom stereocenters. The monoisotopic (exact) mass is 211 g/mol. The minimum atomic E-state index is -0.195. The number of aliphatic hydroxyl groups is 1. The highest BCUT2D eigenvalue weighted by atomic mass is 16.3. The molecule has 0 aromatic carbocycles. The smallest absolute Gasteiger partial charge is 0.225 e. The molecule has 86 valence electrons. The molecule has 1 aliphatic heterocycles. The summed E-state index contributed by atoms with van der Waals surface area (Å²) in [7, 11) is 0. The van der Waals surface area contributed by atoms with Crippen molar-refractivity contribution in [3.63, 3.8) is 0 Å². The number of amides is 1. The number of carbonyl (C=O) groups excluding carboxylic acids is 1. The van der Waals surface area contributed by atoms with Gasteiger partial charge in [-0.25, -0.2) is 0 Å². The van der Waals surface area contributed by atoms with E-state index < -0.39 is 0 Å². The summed E-state index contributed by atoms with van der Waals surface area (Å²) in [5.74, 6) is 1.16. The second-order valence-corrected chi connectivity index (χ2v) is 5.04. The van der Waals surface area contributed by atoms with Crippen molar-refractivity contribution in [1.82, 2.24) is 4.90 Å². The molecule has 15 heavy (non-hydrogen) atoms. The Kier molecular flexibility index (Phi) is 3.29. The Balaban J connectivity index is 1.88. The predicted octanol–water partition coefficient (Wildman–Crippen LogP) is 1.41. The molecule has 2 rings (SSSR count). The van der Waals surface area contributed by atoms with Crippen molar-refractivity contribution in [3.05, 3.63) is 0 Å². The maximum atomic E-state index is 12.1. The Morgan fingerprint density at radius 1 is 1.27 bits per heavy atom. The molecule has 3 heteroatoms. The van der Waals surface area contributed by atoms with E-state index in [4.69, 9.17) is 0 Å². The Morgan fingerprint density at radius 2 is 2.00 bits per heavy atom. The van der Waals surface area contributed by atoms with Gasteiger partial charge in [-0.1, -0.05) is 6.92 Å². The Labute approximate surface area is 91.5 Å². The van der Waals surface area contributed by atoms with Gasteiger partial charge in [-0.05, 0) is 38.0 Å². The zero-order valence-corrected chi connectivity index (χ0v) is 9.48. The molecule has 0 spiro atoms. The number of carbonyl (C=O) groups is 1. The van der Waals surface area contributed by atoms with E-state index in [1.165, 1.54) is 12.8 Å². The summed E-state index contributed by atoms with van der Waals surface area (Å²) < 4.78 is 0. The molecule has 0 radical (unpaired) electrons. The van der Waals surface area contributed by atoms with Gasteiger partial charge in [0.1, 0.15) is 0 Å². The first-order valence-corrected chi connectivity index (χ1v) is 6.15. The van der Waals surface area contributed by atoms with Crippen LogP contribution in [-0.2, 0) is 4.79 Å². The molecule has 1 saturated carbocycles. The van der Waals surface area contributed by atoms with E-state index in [9.17, 15) is 9.90 Å². The van der Waals surface area contributed by atoms with Crippen molar-refractivity contribution in [3.8, 4) is 0 Å². The van der Waals surface area contributed by atoms with Crippen LogP contribution in [0.25, 0.3) is 0 Å². The lowest BCUT2D eigenvalue weighted by Gasteiger charge is -2.24. The molecular weight excluding hydrogens is 190 g/mol. The normalized spacial score (nSPS) is 29.7. The zero-order chi connectivity index (χ0) is 10.8. The number of aliphatic hydroxyl groups excluding tert-OH is 1. The molecule has 1 aliphatic carbocycles. The maximum absolute atomic E-state index is 12.1. The molecule has 1 saturated heterocycles. The summed E-state index contributed by atoms with van der Waals surface area (Å²) in [5.41, 5.74) is 0. The Morgan fingerprint density at radius 3 is 2.67 bits per heavy atom. The van der Waals surface area contributed by atoms with E-state index in [1.54, 1.807) is 0 Å². The fourth-order valence-electron chi connectivity index (χ4n) is 2.39. The number of hydrogen-bond donors (Lipinski definition) is 1. The van der Waals surface area contributed by atoms with Gasteiger partial charge in [-0.2, -0.15) is 0 Å². The van der Waals surface area contributed by atoms with Gasteiger partial charge in [0.15, 0.2) is 0 Å². The third-order valence-corrected chi connectivity index (χ3v) is 3.73. The molecule has 0 aromatic heterocycles. The van der Waals surface area contributed by atoms with Crippen molar-refractivity contribution >= 4 is 5.91 Å². The number of rotatable bonds is 2. The second kappa shape index (κ2) is 4.52. The van der Waals surface area contributed by atoms with E-state index in [-0.39, 0.29) is 12.0 Å². The lowest BCUT2D eigenvalue weighted by atomic mass is 10.0. The minimum Gasteiger partial charge on any atom is -0.393 e. The molecule has 2 atom stereocenters. The van der Waals surface area contributed by atoms with Crippen LogP contribution in [0.2, 0.25) is 0 Å². The van der Waals surface area contributed by atoms with Gasteiger partial charge in [0, 0.05) is 19.0 Å². The molecular formula is C12H21NO2. The van der Waals surface area contributed by atoms with Crippen LogP contribution in [0.3, 0.4) is 0 Å². The lowest BCUT2D eigenvalue weighted by molar-refractivity contribution is -0.135. The zero-order valence-electron chi connectivity index (χ0n) is 9.48. The van der Waals surface area contributed by atoms with Crippen LogP contribution in [0.15, 0.2) is 0 Å². The van der Waals surface area contributed by atoms with Crippen molar-refractivity contribution in [2.75, 3.05) is 13.1 Å². The van der Waals surface area contributed by atoms with Crippen LogP contribution in [0, 0.1) is 11.8 Å². The number of likely N-dealkylation sites (tertiary alicyclic amines) is 1. The topological polar surface area (TPSA) is 40.5 Å². The summed E-state index contributed by atoms with van der Waals surface area (Å²) in [6.45, 7) is 3.64. The Bertz CT molecular complexity index is 238. The van der Waals surface area contributed by atoms with Crippen molar-refractivity contribution < 1.29 is 9.90 Å². The van der Waals surface area contributed by atoms with Crippen LogP contribution in [0.4, 0.5) is 0 Å².